The van der Waals surface area contributed by atoms with Gasteiger partial charge in [0.1, 0.15) is 0 Å². The molecule has 0 aromatic carbocycles. The molecule has 0 rings (SSSR count). The smallest absolute Gasteiger partial charge is 0.0102 e. The highest BCUT2D eigenvalue weighted by atomic mass is 32.1. The van der Waals surface area contributed by atoms with Crippen molar-refractivity contribution in [1.29, 1.82) is 0 Å². The monoisotopic (exact) mass is 122 g/mol. The maximum absolute atomic E-state index is 4.12. The Bertz CT molecular complexity index is 26.5. The summed E-state index contributed by atoms with van der Waals surface area (Å²) < 4.78 is 0. The highest BCUT2D eigenvalue weighted by Gasteiger charge is 1.97. The van der Waals surface area contributed by atoms with E-state index in [1.54, 1.807) is 0 Å². The first-order valence-electron chi connectivity index (χ1n) is 2.00. The minimum Gasteiger partial charge on any atom is -0.175 e. The maximum Gasteiger partial charge on any atom is 0.0102 e. The maximum atomic E-state index is 4.12. The molecule has 0 unspecified atom stereocenters. The fourth-order valence-corrected chi connectivity index (χ4v) is 0. The van der Waals surface area contributed by atoms with Crippen molar-refractivity contribution in [3.63, 3.8) is 0 Å². The van der Waals surface area contributed by atoms with Gasteiger partial charge in [-0.1, -0.05) is 13.8 Å². The molecule has 2 heteroatoms. The second-order valence-corrected chi connectivity index (χ2v) is 3.11. The lowest BCUT2D eigenvalue weighted by molar-refractivity contribution is 0.941. The Kier molecular flexibility index (Phi) is 3.13. The van der Waals surface area contributed by atoms with E-state index in [1.807, 2.05) is 13.8 Å². The normalized spacial score (nSPS) is 20.0. The van der Waals surface area contributed by atoms with E-state index in [9.17, 15) is 0 Å². The number of rotatable bonds is 1. The van der Waals surface area contributed by atoms with Gasteiger partial charge in [0.25, 0.3) is 0 Å². The molecule has 38 valence electrons. The van der Waals surface area contributed by atoms with Gasteiger partial charge >= 0.3 is 0 Å². The molecule has 0 aliphatic heterocycles. The average molecular weight is 122 g/mol. The summed E-state index contributed by atoms with van der Waals surface area (Å²) in [6, 6.07) is 0. The van der Waals surface area contributed by atoms with Crippen molar-refractivity contribution in [3.05, 3.63) is 0 Å². The summed E-state index contributed by atoms with van der Waals surface area (Å²) in [6.45, 7) is 4.06. The zero-order chi connectivity index (χ0) is 5.15. The molecule has 0 fully saturated rings. The van der Waals surface area contributed by atoms with Crippen molar-refractivity contribution < 1.29 is 0 Å². The topological polar surface area (TPSA) is 0 Å². The Hall–Kier alpha value is 0.700. The summed E-state index contributed by atoms with van der Waals surface area (Å²) in [5.41, 5.74) is 0. The van der Waals surface area contributed by atoms with Crippen molar-refractivity contribution in [2.75, 3.05) is 0 Å². The second kappa shape index (κ2) is 2.80. The molecule has 6 heavy (non-hydrogen) atoms. The van der Waals surface area contributed by atoms with E-state index in [2.05, 4.69) is 25.3 Å². The molecule has 0 N–H and O–H groups in total. The highest BCUT2D eigenvalue weighted by Crippen LogP contribution is 2.04. The quantitative estimate of drug-likeness (QED) is 0.485. The molecule has 0 amide bonds. The van der Waals surface area contributed by atoms with Crippen LogP contribution in [0, 0.1) is 0 Å². The van der Waals surface area contributed by atoms with Crippen LogP contribution in [-0.4, -0.2) is 10.5 Å². The van der Waals surface area contributed by atoms with Crippen LogP contribution in [0.3, 0.4) is 0 Å². The first kappa shape index (κ1) is 6.70. The summed E-state index contributed by atoms with van der Waals surface area (Å²) >= 11 is 8.23. The third-order valence-corrected chi connectivity index (χ3v) is 1.83. The number of hydrogen-bond donors (Lipinski definition) is 2. The number of hydrogen-bond acceptors (Lipinski definition) is 2. The Morgan fingerprint density at radius 1 is 1.00 bits per heavy atom. The Morgan fingerprint density at radius 3 is 1.17 bits per heavy atom. The molecule has 0 aromatic heterocycles. The van der Waals surface area contributed by atoms with E-state index < -0.39 is 0 Å². The van der Waals surface area contributed by atoms with Gasteiger partial charge in [-0.3, -0.25) is 0 Å². The van der Waals surface area contributed by atoms with E-state index in [0.717, 1.165) is 0 Å². The van der Waals surface area contributed by atoms with Gasteiger partial charge in [-0.25, -0.2) is 0 Å². The molecule has 0 spiro atoms. The van der Waals surface area contributed by atoms with Gasteiger partial charge in [-0.2, -0.15) is 25.3 Å². The minimum atomic E-state index is 0.410. The van der Waals surface area contributed by atoms with Crippen LogP contribution in [-0.2, 0) is 0 Å². The van der Waals surface area contributed by atoms with Gasteiger partial charge in [0.2, 0.25) is 0 Å². The molecule has 0 saturated heterocycles. The minimum absolute atomic E-state index is 0.410. The first-order valence-corrected chi connectivity index (χ1v) is 3.04. The van der Waals surface area contributed by atoms with Crippen molar-refractivity contribution in [2.24, 2.45) is 0 Å². The van der Waals surface area contributed by atoms with Crippen molar-refractivity contribution >= 4 is 25.3 Å². The predicted octanol–water partition coefficient (Wildman–Crippen LogP) is 1.62. The third-order valence-electron chi connectivity index (χ3n) is 0.698. The molecule has 0 bridgehead atoms. The lowest BCUT2D eigenvalue weighted by atomic mass is 10.4. The number of thiol groups is 2. The fraction of sp³-hybridized carbons (Fsp3) is 1.00. The Morgan fingerprint density at radius 2 is 1.17 bits per heavy atom. The standard InChI is InChI=1S/C4H10S2/c1-3(5)4(2)6/h3-6H,1-2H3/t3-,4-/m1/s1. The zero-order valence-electron chi connectivity index (χ0n) is 4.05. The van der Waals surface area contributed by atoms with Crippen LogP contribution in [0.25, 0.3) is 0 Å². The molecular weight excluding hydrogens is 112 g/mol. The highest BCUT2D eigenvalue weighted by molar-refractivity contribution is 7.85. The molecule has 0 saturated carbocycles. The summed E-state index contributed by atoms with van der Waals surface area (Å²) in [5, 5.41) is 0.821. The van der Waals surface area contributed by atoms with Crippen LogP contribution in [0.5, 0.6) is 0 Å². The van der Waals surface area contributed by atoms with E-state index >= 15 is 0 Å². The summed E-state index contributed by atoms with van der Waals surface area (Å²) in [7, 11) is 0. The SMILES string of the molecule is C[C@@H](S)[C@@H](C)S. The molecule has 0 radical (unpaired) electrons. The largest absolute Gasteiger partial charge is 0.175 e. The van der Waals surface area contributed by atoms with Gasteiger partial charge in [-0.05, 0) is 0 Å². The molecule has 0 aromatic rings. The lowest BCUT2D eigenvalue weighted by Crippen LogP contribution is -2.04. The van der Waals surface area contributed by atoms with Gasteiger partial charge in [-0.15, -0.1) is 0 Å². The van der Waals surface area contributed by atoms with Gasteiger partial charge in [0.15, 0.2) is 0 Å². The molecule has 0 nitrogen and oxygen atoms in total. The van der Waals surface area contributed by atoms with Gasteiger partial charge < -0.3 is 0 Å². The molecule has 0 heterocycles. The van der Waals surface area contributed by atoms with Crippen LogP contribution in [0.1, 0.15) is 13.8 Å². The van der Waals surface area contributed by atoms with Crippen molar-refractivity contribution in [1.82, 2.24) is 0 Å². The van der Waals surface area contributed by atoms with Gasteiger partial charge in [0, 0.05) is 10.5 Å². The van der Waals surface area contributed by atoms with Gasteiger partial charge in [0.05, 0.1) is 0 Å². The summed E-state index contributed by atoms with van der Waals surface area (Å²) in [6.07, 6.45) is 0. The third kappa shape index (κ3) is 2.91. The predicted molar refractivity (Wildman–Crippen MR) is 36.9 cm³/mol. The fourth-order valence-electron chi connectivity index (χ4n) is 0. The van der Waals surface area contributed by atoms with E-state index in [0.29, 0.717) is 10.5 Å². The van der Waals surface area contributed by atoms with Crippen LogP contribution >= 0.6 is 25.3 Å². The summed E-state index contributed by atoms with van der Waals surface area (Å²) in [5.74, 6) is 0. The molecule has 2 atom stereocenters. The Labute approximate surface area is 50.1 Å². The van der Waals surface area contributed by atoms with Crippen LogP contribution in [0.4, 0.5) is 0 Å². The van der Waals surface area contributed by atoms with Crippen LogP contribution < -0.4 is 0 Å². The molecule has 0 aliphatic rings. The summed E-state index contributed by atoms with van der Waals surface area (Å²) in [4.78, 5) is 0. The first-order chi connectivity index (χ1) is 2.64. The van der Waals surface area contributed by atoms with Crippen LogP contribution in [0.2, 0.25) is 0 Å². The van der Waals surface area contributed by atoms with E-state index in [-0.39, 0.29) is 0 Å². The molecule has 0 aliphatic carbocycles. The Balaban J connectivity index is 2.99. The molecular formula is C4H10S2. The van der Waals surface area contributed by atoms with Crippen molar-refractivity contribution in [3.8, 4) is 0 Å². The lowest BCUT2D eigenvalue weighted by Gasteiger charge is -2.03. The van der Waals surface area contributed by atoms with Crippen LogP contribution in [0.15, 0.2) is 0 Å². The van der Waals surface area contributed by atoms with Crippen molar-refractivity contribution in [2.45, 2.75) is 24.3 Å². The van der Waals surface area contributed by atoms with E-state index in [1.165, 1.54) is 0 Å². The average Bonchev–Trinajstić information content (AvgIpc) is 1.36. The second-order valence-electron chi connectivity index (χ2n) is 1.48. The zero-order valence-corrected chi connectivity index (χ0v) is 5.84. The van der Waals surface area contributed by atoms with E-state index in [4.69, 9.17) is 0 Å².